The zero-order valence-electron chi connectivity index (χ0n) is 20.6. The summed E-state index contributed by atoms with van der Waals surface area (Å²) in [5, 5.41) is 46.3. The number of benzene rings is 3. The van der Waals surface area contributed by atoms with Crippen molar-refractivity contribution in [3.8, 4) is 23.6 Å². The van der Waals surface area contributed by atoms with E-state index < -0.39 is 17.5 Å². The summed E-state index contributed by atoms with van der Waals surface area (Å²) in [6.07, 6.45) is 3.51. The Hall–Kier alpha value is -4.08. The largest absolute Gasteiger partial charge is 0.504 e. The number of carboxylic acid groups (broad SMARTS) is 1. The van der Waals surface area contributed by atoms with Crippen LogP contribution in [0.25, 0.3) is 0 Å². The van der Waals surface area contributed by atoms with Crippen LogP contribution in [-0.4, -0.2) is 34.2 Å². The summed E-state index contributed by atoms with van der Waals surface area (Å²) in [5.41, 5.74) is 3.29. The molecule has 0 amide bonds. The second kappa shape index (κ2) is 14.0. The number of phenolic OH excluding ortho intramolecular Hbond substituents is 2. The Balaban J connectivity index is 0.000000221. The van der Waals surface area contributed by atoms with Gasteiger partial charge < -0.3 is 24.8 Å². The number of nitriles is 2. The number of nitrogens with zero attached hydrogens (tertiary/aromatic N) is 2. The third-order valence-corrected chi connectivity index (χ3v) is 6.26. The van der Waals surface area contributed by atoms with Crippen molar-refractivity contribution in [2.24, 2.45) is 0 Å². The van der Waals surface area contributed by atoms with Crippen LogP contribution < -0.4 is 0 Å². The van der Waals surface area contributed by atoms with E-state index in [9.17, 15) is 15.0 Å². The Bertz CT molecular complexity index is 1320. The van der Waals surface area contributed by atoms with Gasteiger partial charge in [-0.05, 0) is 53.6 Å². The summed E-state index contributed by atoms with van der Waals surface area (Å²) < 4.78 is 11.2. The minimum absolute atomic E-state index is 0.0125. The molecule has 0 saturated carbocycles. The average Bonchev–Trinajstić information content (AvgIpc) is 2.95. The molecule has 0 spiro atoms. The van der Waals surface area contributed by atoms with Gasteiger partial charge in [0.1, 0.15) is 11.6 Å². The van der Waals surface area contributed by atoms with Crippen molar-refractivity contribution in [2.45, 2.75) is 44.5 Å². The van der Waals surface area contributed by atoms with E-state index in [0.717, 1.165) is 31.1 Å². The van der Waals surface area contributed by atoms with Crippen LogP contribution in [0.5, 0.6) is 11.5 Å². The number of ether oxygens (including phenoxy) is 2. The first-order valence-electron chi connectivity index (χ1n) is 11.9. The lowest BCUT2D eigenvalue weighted by Gasteiger charge is -2.22. The molecular weight excluding hydrogens is 508 g/mol. The monoisotopic (exact) mass is 534 g/mol. The maximum atomic E-state index is 10.8. The van der Waals surface area contributed by atoms with Gasteiger partial charge >= 0.3 is 5.97 Å². The fraction of sp³-hybridized carbons (Fsp3) is 0.276. The molecule has 9 heteroatoms. The van der Waals surface area contributed by atoms with Crippen molar-refractivity contribution in [1.82, 2.24) is 0 Å². The van der Waals surface area contributed by atoms with Crippen LogP contribution in [-0.2, 0) is 28.4 Å². The SMILES string of the molecule is ClCc1ccc(COC2CCCCO2)cc1.N#Cc1cc(O)c(O)c(C#N)c1Cc1ccc(C(=O)O)cc1. The van der Waals surface area contributed by atoms with E-state index in [-0.39, 0.29) is 35.0 Å². The molecule has 1 saturated heterocycles. The van der Waals surface area contributed by atoms with Gasteiger partial charge in [0.2, 0.25) is 0 Å². The molecule has 0 radical (unpaired) electrons. The lowest BCUT2D eigenvalue weighted by Crippen LogP contribution is -2.21. The van der Waals surface area contributed by atoms with Gasteiger partial charge in [-0.2, -0.15) is 10.5 Å². The molecule has 4 rings (SSSR count). The van der Waals surface area contributed by atoms with E-state index in [1.807, 2.05) is 18.2 Å². The maximum absolute atomic E-state index is 10.8. The topological polar surface area (TPSA) is 144 Å². The molecule has 1 aliphatic heterocycles. The fourth-order valence-corrected chi connectivity index (χ4v) is 4.01. The highest BCUT2D eigenvalue weighted by Gasteiger charge is 2.18. The molecule has 196 valence electrons. The molecule has 3 aromatic carbocycles. The van der Waals surface area contributed by atoms with Gasteiger partial charge in [0.15, 0.2) is 17.8 Å². The van der Waals surface area contributed by atoms with Gasteiger partial charge in [0.25, 0.3) is 0 Å². The fourth-order valence-electron chi connectivity index (χ4n) is 3.83. The number of carbonyl (C=O) groups is 1. The van der Waals surface area contributed by atoms with E-state index in [1.165, 1.54) is 24.1 Å². The van der Waals surface area contributed by atoms with Gasteiger partial charge in [-0.1, -0.05) is 36.4 Å². The van der Waals surface area contributed by atoms with Crippen LogP contribution >= 0.6 is 11.6 Å². The minimum Gasteiger partial charge on any atom is -0.504 e. The number of aromatic carboxylic acids is 1. The van der Waals surface area contributed by atoms with Crippen molar-refractivity contribution >= 4 is 17.6 Å². The predicted octanol–water partition coefficient (Wildman–Crippen LogP) is 5.60. The Morgan fingerprint density at radius 1 is 1.00 bits per heavy atom. The molecule has 0 bridgehead atoms. The lowest BCUT2D eigenvalue weighted by molar-refractivity contribution is -0.168. The summed E-state index contributed by atoms with van der Waals surface area (Å²) >= 11 is 5.73. The molecule has 1 fully saturated rings. The summed E-state index contributed by atoms with van der Waals surface area (Å²) in [5.74, 6) is -1.59. The Morgan fingerprint density at radius 2 is 1.66 bits per heavy atom. The van der Waals surface area contributed by atoms with E-state index in [0.29, 0.717) is 18.1 Å². The molecular formula is C29H27ClN2O6. The number of halogens is 1. The van der Waals surface area contributed by atoms with Crippen molar-refractivity contribution < 1.29 is 29.6 Å². The van der Waals surface area contributed by atoms with Crippen LogP contribution in [0.1, 0.15) is 63.0 Å². The number of hydrogen-bond donors (Lipinski definition) is 3. The molecule has 3 N–H and O–H groups in total. The summed E-state index contributed by atoms with van der Waals surface area (Å²) in [6, 6.07) is 18.9. The smallest absolute Gasteiger partial charge is 0.335 e. The highest BCUT2D eigenvalue weighted by molar-refractivity contribution is 6.17. The van der Waals surface area contributed by atoms with E-state index in [4.69, 9.17) is 36.7 Å². The molecule has 8 nitrogen and oxygen atoms in total. The molecule has 3 aromatic rings. The van der Waals surface area contributed by atoms with Crippen LogP contribution in [0.3, 0.4) is 0 Å². The third-order valence-electron chi connectivity index (χ3n) is 5.95. The second-order valence-electron chi connectivity index (χ2n) is 8.61. The molecule has 1 aliphatic rings. The van der Waals surface area contributed by atoms with E-state index in [1.54, 1.807) is 18.2 Å². The first kappa shape index (κ1) is 28.5. The molecule has 38 heavy (non-hydrogen) atoms. The average molecular weight is 535 g/mol. The predicted molar refractivity (Wildman–Crippen MR) is 140 cm³/mol. The van der Waals surface area contributed by atoms with E-state index >= 15 is 0 Å². The maximum Gasteiger partial charge on any atom is 0.335 e. The van der Waals surface area contributed by atoms with Gasteiger partial charge in [0, 0.05) is 25.0 Å². The number of aromatic hydroxyl groups is 2. The first-order chi connectivity index (χ1) is 18.4. The molecule has 1 heterocycles. The van der Waals surface area contributed by atoms with Crippen molar-refractivity contribution in [2.75, 3.05) is 6.61 Å². The third kappa shape index (κ3) is 7.71. The summed E-state index contributed by atoms with van der Waals surface area (Å²) in [6.45, 7) is 1.45. The molecule has 0 aliphatic carbocycles. The van der Waals surface area contributed by atoms with Gasteiger partial charge in [-0.3, -0.25) is 0 Å². The Labute approximate surface area is 225 Å². The van der Waals surface area contributed by atoms with Crippen LogP contribution in [0.2, 0.25) is 0 Å². The molecule has 1 atom stereocenters. The molecule has 0 aromatic heterocycles. The standard InChI is InChI=1S/C16H10N2O4.C13H17ClO2/c17-7-11-6-14(19)15(20)13(8-18)12(11)5-9-1-3-10(4-2-9)16(21)22;14-9-11-4-6-12(7-5-11)10-16-13-3-1-2-8-15-13/h1-4,6,19-20H,5H2,(H,21,22);4-7,13H,1-3,8-10H2. The van der Waals surface area contributed by atoms with Crippen molar-refractivity contribution in [3.05, 3.63) is 93.5 Å². The number of phenols is 2. The van der Waals surface area contributed by atoms with Crippen LogP contribution in [0.15, 0.2) is 54.6 Å². The quantitative estimate of drug-likeness (QED) is 0.262. The lowest BCUT2D eigenvalue weighted by atomic mass is 9.94. The zero-order valence-corrected chi connectivity index (χ0v) is 21.3. The van der Waals surface area contributed by atoms with Gasteiger partial charge in [-0.15, -0.1) is 11.6 Å². The number of hydrogen-bond acceptors (Lipinski definition) is 7. The Morgan fingerprint density at radius 3 is 2.21 bits per heavy atom. The number of alkyl halides is 1. The number of rotatable bonds is 7. The minimum atomic E-state index is -1.05. The van der Waals surface area contributed by atoms with Crippen LogP contribution in [0.4, 0.5) is 0 Å². The van der Waals surface area contributed by atoms with Crippen molar-refractivity contribution in [1.29, 1.82) is 10.5 Å². The second-order valence-corrected chi connectivity index (χ2v) is 8.87. The van der Waals surface area contributed by atoms with Gasteiger partial charge in [-0.25, -0.2) is 4.79 Å². The number of carboxylic acids is 1. The summed E-state index contributed by atoms with van der Waals surface area (Å²) in [4.78, 5) is 10.8. The van der Waals surface area contributed by atoms with Crippen molar-refractivity contribution in [3.63, 3.8) is 0 Å². The zero-order chi connectivity index (χ0) is 27.5. The first-order valence-corrected chi connectivity index (χ1v) is 12.5. The van der Waals surface area contributed by atoms with Gasteiger partial charge in [0.05, 0.1) is 23.8 Å². The highest BCUT2D eigenvalue weighted by Crippen LogP contribution is 2.34. The van der Waals surface area contributed by atoms with Crippen LogP contribution in [0, 0.1) is 22.7 Å². The Kier molecular flexibility index (Phi) is 10.5. The summed E-state index contributed by atoms with van der Waals surface area (Å²) in [7, 11) is 0. The highest BCUT2D eigenvalue weighted by atomic mass is 35.5. The van der Waals surface area contributed by atoms with E-state index in [2.05, 4.69) is 12.1 Å². The normalized spacial score (nSPS) is 14.4. The molecule has 1 unspecified atom stereocenters.